The highest BCUT2D eigenvalue weighted by Gasteiger charge is 2.44. The Hall–Kier alpha value is -3.18. The number of rotatable bonds is 4. The van der Waals surface area contributed by atoms with Crippen molar-refractivity contribution in [2.45, 2.75) is 25.4 Å². The predicted octanol–water partition coefficient (Wildman–Crippen LogP) is 2.36. The first-order valence-corrected chi connectivity index (χ1v) is 10.8. The number of likely N-dealkylation sites (N-methyl/N-ethyl adjacent to an activating group) is 1. The molecule has 0 aliphatic carbocycles. The number of aromatic nitrogens is 3. The molecule has 11 heteroatoms. The zero-order valence-corrected chi connectivity index (χ0v) is 17.7. The topological polar surface area (TPSA) is 97.5 Å². The summed E-state index contributed by atoms with van der Waals surface area (Å²) in [6.07, 6.45) is 1.59. The van der Waals surface area contributed by atoms with Crippen LogP contribution in [0.1, 0.15) is 34.0 Å². The zero-order chi connectivity index (χ0) is 22.6. The van der Waals surface area contributed by atoms with Gasteiger partial charge in [-0.1, -0.05) is 17.4 Å². The number of nitrogens with zero attached hydrogens (tertiary/aromatic N) is 4. The van der Waals surface area contributed by atoms with Gasteiger partial charge in [0.25, 0.3) is 5.91 Å². The van der Waals surface area contributed by atoms with Crippen molar-refractivity contribution < 1.29 is 23.4 Å². The highest BCUT2D eigenvalue weighted by atomic mass is 32.1. The maximum Gasteiger partial charge on any atom is 0.274 e. The van der Waals surface area contributed by atoms with Crippen LogP contribution in [0, 0.1) is 11.6 Å². The Kier molecular flexibility index (Phi) is 5.01. The second-order valence-electron chi connectivity index (χ2n) is 7.65. The molecule has 0 saturated carbocycles. The quantitative estimate of drug-likeness (QED) is 0.642. The van der Waals surface area contributed by atoms with E-state index in [0.717, 1.165) is 23.5 Å². The number of amides is 1. The first-order chi connectivity index (χ1) is 15.4. The molecule has 1 fully saturated rings. The molecule has 1 N–H and O–H groups in total. The molecule has 5 rings (SSSR count). The van der Waals surface area contributed by atoms with Gasteiger partial charge in [0.15, 0.2) is 16.5 Å². The Labute approximate surface area is 184 Å². The minimum atomic E-state index is -0.728. The van der Waals surface area contributed by atoms with E-state index in [2.05, 4.69) is 10.2 Å². The van der Waals surface area contributed by atoms with Crippen LogP contribution < -0.4 is 5.43 Å². The minimum absolute atomic E-state index is 0.0644. The van der Waals surface area contributed by atoms with Crippen LogP contribution in [0.5, 0.6) is 5.75 Å². The van der Waals surface area contributed by atoms with Crippen molar-refractivity contribution in [2.75, 3.05) is 19.8 Å². The second-order valence-corrected chi connectivity index (χ2v) is 8.72. The number of fused-ring (bicyclic) bond motifs is 3. The van der Waals surface area contributed by atoms with Crippen LogP contribution >= 0.6 is 11.3 Å². The first kappa shape index (κ1) is 20.7. The summed E-state index contributed by atoms with van der Waals surface area (Å²) in [6.45, 7) is 2.98. The number of pyridine rings is 1. The third kappa shape index (κ3) is 3.19. The smallest absolute Gasteiger partial charge is 0.274 e. The fraction of sp³-hybridized carbons (Fsp3) is 0.333. The SMILES string of the molecule is CCN1C(=O)c2c(O)c(=O)c(-c3nnc(Cc4ccc(F)cc4F)s3)cn2C2COCC21. The molecule has 0 radical (unpaired) electrons. The Morgan fingerprint density at radius 3 is 2.75 bits per heavy atom. The van der Waals surface area contributed by atoms with Gasteiger partial charge < -0.3 is 19.3 Å². The van der Waals surface area contributed by atoms with Gasteiger partial charge in [-0.15, -0.1) is 10.2 Å². The number of halogens is 2. The van der Waals surface area contributed by atoms with E-state index in [0.29, 0.717) is 24.8 Å². The highest BCUT2D eigenvalue weighted by Crippen LogP contribution is 2.36. The van der Waals surface area contributed by atoms with Crippen molar-refractivity contribution in [1.29, 1.82) is 0 Å². The molecule has 8 nitrogen and oxygen atoms in total. The molecular formula is C21H18F2N4O4S. The van der Waals surface area contributed by atoms with Gasteiger partial charge in [-0.05, 0) is 18.6 Å². The van der Waals surface area contributed by atoms with E-state index in [1.807, 2.05) is 6.92 Å². The lowest BCUT2D eigenvalue weighted by atomic mass is 10.0. The van der Waals surface area contributed by atoms with Gasteiger partial charge in [0.1, 0.15) is 16.6 Å². The zero-order valence-electron chi connectivity index (χ0n) is 16.9. The molecule has 0 spiro atoms. The van der Waals surface area contributed by atoms with Crippen LogP contribution in [0.2, 0.25) is 0 Å². The molecule has 0 bridgehead atoms. The van der Waals surface area contributed by atoms with E-state index in [9.17, 15) is 23.5 Å². The van der Waals surface area contributed by atoms with Crippen LogP contribution in [-0.2, 0) is 11.2 Å². The summed E-state index contributed by atoms with van der Waals surface area (Å²) in [6, 6.07) is 2.85. The molecule has 2 aliphatic rings. The van der Waals surface area contributed by atoms with Gasteiger partial charge in [-0.25, -0.2) is 8.78 Å². The number of aromatic hydroxyl groups is 1. The predicted molar refractivity (Wildman–Crippen MR) is 111 cm³/mol. The third-order valence-corrected chi connectivity index (χ3v) is 6.80. The van der Waals surface area contributed by atoms with Crippen LogP contribution in [-0.4, -0.2) is 56.5 Å². The van der Waals surface area contributed by atoms with Gasteiger partial charge in [0.2, 0.25) is 5.43 Å². The summed E-state index contributed by atoms with van der Waals surface area (Å²) in [5.41, 5.74) is -0.451. The molecule has 2 atom stereocenters. The Morgan fingerprint density at radius 2 is 2.00 bits per heavy atom. The molecule has 4 heterocycles. The van der Waals surface area contributed by atoms with Crippen molar-refractivity contribution in [3.63, 3.8) is 0 Å². The number of benzene rings is 1. The van der Waals surface area contributed by atoms with Crippen LogP contribution in [0.4, 0.5) is 8.78 Å². The summed E-state index contributed by atoms with van der Waals surface area (Å²) in [5.74, 6) is -2.44. The fourth-order valence-corrected chi connectivity index (χ4v) is 5.14. The molecule has 1 amide bonds. The van der Waals surface area contributed by atoms with Gasteiger partial charge >= 0.3 is 0 Å². The average Bonchev–Trinajstić information content (AvgIpc) is 3.42. The Morgan fingerprint density at radius 1 is 1.22 bits per heavy atom. The number of ether oxygens (including phenoxy) is 1. The molecule has 3 aromatic rings. The van der Waals surface area contributed by atoms with E-state index < -0.39 is 28.7 Å². The average molecular weight is 460 g/mol. The summed E-state index contributed by atoms with van der Waals surface area (Å²) >= 11 is 1.06. The third-order valence-electron chi connectivity index (χ3n) is 5.85. The van der Waals surface area contributed by atoms with Gasteiger partial charge in [-0.2, -0.15) is 0 Å². The van der Waals surface area contributed by atoms with E-state index in [-0.39, 0.29) is 40.3 Å². The summed E-state index contributed by atoms with van der Waals surface area (Å²) in [5, 5.41) is 19.4. The van der Waals surface area contributed by atoms with Crippen molar-refractivity contribution in [3.05, 3.63) is 62.5 Å². The van der Waals surface area contributed by atoms with Crippen molar-refractivity contribution >= 4 is 17.2 Å². The lowest BCUT2D eigenvalue weighted by Gasteiger charge is -2.38. The number of hydrogen-bond donors (Lipinski definition) is 1. The fourth-order valence-electron chi connectivity index (χ4n) is 4.27. The second kappa shape index (κ2) is 7.75. The van der Waals surface area contributed by atoms with Crippen LogP contribution in [0.15, 0.2) is 29.2 Å². The highest BCUT2D eigenvalue weighted by molar-refractivity contribution is 7.14. The molecule has 2 aliphatic heterocycles. The van der Waals surface area contributed by atoms with E-state index >= 15 is 0 Å². The maximum atomic E-state index is 14.0. The van der Waals surface area contributed by atoms with Gasteiger partial charge in [0.05, 0.1) is 30.9 Å². The standard InChI is InChI=1S/C21H18F2N4O4S/c1-2-26-14-8-31-9-15(14)27-7-12(18(28)19(29)17(27)21(26)30)20-25-24-16(32-20)5-10-3-4-11(22)6-13(10)23/h3-4,6-7,14-15,29H,2,5,8-9H2,1H3. The van der Waals surface area contributed by atoms with E-state index in [4.69, 9.17) is 4.74 Å². The molecule has 32 heavy (non-hydrogen) atoms. The number of hydrogen-bond acceptors (Lipinski definition) is 7. The monoisotopic (exact) mass is 460 g/mol. The first-order valence-electron chi connectivity index (χ1n) is 10.0. The summed E-state index contributed by atoms with van der Waals surface area (Å²) in [4.78, 5) is 27.4. The van der Waals surface area contributed by atoms with Crippen LogP contribution in [0.3, 0.4) is 0 Å². The molecule has 166 valence electrons. The molecule has 2 unspecified atom stereocenters. The molecule has 1 saturated heterocycles. The Balaban J connectivity index is 1.55. The van der Waals surface area contributed by atoms with Crippen molar-refractivity contribution in [1.82, 2.24) is 19.7 Å². The van der Waals surface area contributed by atoms with Crippen molar-refractivity contribution in [3.8, 4) is 16.3 Å². The molecule has 2 aromatic heterocycles. The van der Waals surface area contributed by atoms with E-state index in [1.54, 1.807) is 9.47 Å². The lowest BCUT2D eigenvalue weighted by Crippen LogP contribution is -2.51. The lowest BCUT2D eigenvalue weighted by molar-refractivity contribution is 0.0571. The maximum absolute atomic E-state index is 14.0. The van der Waals surface area contributed by atoms with Crippen molar-refractivity contribution in [2.24, 2.45) is 0 Å². The minimum Gasteiger partial charge on any atom is -0.503 e. The number of carbonyl (C=O) groups excluding carboxylic acids is 1. The largest absolute Gasteiger partial charge is 0.503 e. The normalized spacial score (nSPS) is 19.8. The Bertz CT molecular complexity index is 1290. The van der Waals surface area contributed by atoms with Gasteiger partial charge in [-0.3, -0.25) is 9.59 Å². The van der Waals surface area contributed by atoms with Gasteiger partial charge in [0, 0.05) is 25.2 Å². The number of carbonyl (C=O) groups is 1. The van der Waals surface area contributed by atoms with E-state index in [1.165, 1.54) is 12.3 Å². The summed E-state index contributed by atoms with van der Waals surface area (Å²) in [7, 11) is 0. The van der Waals surface area contributed by atoms with Crippen LogP contribution in [0.25, 0.3) is 10.6 Å². The molecule has 1 aromatic carbocycles. The molecular weight excluding hydrogens is 442 g/mol. The summed E-state index contributed by atoms with van der Waals surface area (Å²) < 4.78 is 34.3.